The topological polar surface area (TPSA) is 52.3 Å². The Balaban J connectivity index is 2.50. The molecule has 0 fully saturated rings. The predicted molar refractivity (Wildman–Crippen MR) is 55.9 cm³/mol. The normalized spacial score (nSPS) is 10.3. The van der Waals surface area contributed by atoms with Crippen LogP contribution in [0.25, 0.3) is 10.4 Å². The van der Waals surface area contributed by atoms with Gasteiger partial charge < -0.3 is 9.15 Å². The number of carbonyl (C=O) groups is 1. The summed E-state index contributed by atoms with van der Waals surface area (Å²) in [7, 11) is 1.34. The van der Waals surface area contributed by atoms with Gasteiger partial charge in [-0.3, -0.25) is 0 Å². The molecule has 0 radical (unpaired) electrons. The van der Waals surface area contributed by atoms with E-state index in [0.717, 1.165) is 16.2 Å². The Morgan fingerprint density at radius 1 is 1.60 bits per heavy atom. The molecule has 0 amide bonds. The molecule has 2 aromatic heterocycles. The molecule has 0 saturated carbocycles. The maximum atomic E-state index is 11.4. The van der Waals surface area contributed by atoms with Gasteiger partial charge in [-0.2, -0.15) is 0 Å². The van der Waals surface area contributed by atoms with Crippen molar-refractivity contribution in [1.82, 2.24) is 4.98 Å². The highest BCUT2D eigenvalue weighted by atomic mass is 32.1. The largest absolute Gasteiger partial charge is 0.469 e. The Hall–Kier alpha value is -1.62. The van der Waals surface area contributed by atoms with Crippen molar-refractivity contribution in [3.05, 3.63) is 29.3 Å². The third-order valence-electron chi connectivity index (χ3n) is 2.05. The van der Waals surface area contributed by atoms with Gasteiger partial charge in [0.1, 0.15) is 5.76 Å². The number of hydrogen-bond donors (Lipinski definition) is 0. The van der Waals surface area contributed by atoms with Gasteiger partial charge in [0.05, 0.1) is 23.8 Å². The summed E-state index contributed by atoms with van der Waals surface area (Å²) >= 11 is 1.39. The van der Waals surface area contributed by atoms with Crippen molar-refractivity contribution in [1.29, 1.82) is 0 Å². The summed E-state index contributed by atoms with van der Waals surface area (Å²) in [4.78, 5) is 16.2. The average molecular weight is 223 g/mol. The molecule has 0 aliphatic heterocycles. The highest BCUT2D eigenvalue weighted by Crippen LogP contribution is 2.31. The number of thiazole rings is 1. The van der Waals surface area contributed by atoms with Gasteiger partial charge >= 0.3 is 5.97 Å². The van der Waals surface area contributed by atoms with Gasteiger partial charge in [-0.15, -0.1) is 11.3 Å². The van der Waals surface area contributed by atoms with Crippen LogP contribution in [0, 0.1) is 6.92 Å². The lowest BCUT2D eigenvalue weighted by atomic mass is 10.2. The number of aromatic nitrogens is 1. The summed E-state index contributed by atoms with van der Waals surface area (Å²) < 4.78 is 9.83. The number of rotatable bonds is 2. The van der Waals surface area contributed by atoms with Gasteiger partial charge in [-0.05, 0) is 13.0 Å². The first-order valence-corrected chi connectivity index (χ1v) is 5.18. The molecule has 2 rings (SSSR count). The van der Waals surface area contributed by atoms with Crippen LogP contribution in [0.3, 0.4) is 0 Å². The van der Waals surface area contributed by atoms with Crippen LogP contribution in [0.1, 0.15) is 16.2 Å². The molecule has 0 aromatic carbocycles. The average Bonchev–Trinajstić information content (AvgIpc) is 2.84. The van der Waals surface area contributed by atoms with E-state index < -0.39 is 5.97 Å². The van der Waals surface area contributed by atoms with Crippen molar-refractivity contribution in [2.45, 2.75) is 6.92 Å². The number of esters is 1. The maximum absolute atomic E-state index is 11.4. The number of aryl methyl sites for hydroxylation is 1. The molecule has 0 spiro atoms. The van der Waals surface area contributed by atoms with E-state index in [1.165, 1.54) is 18.4 Å². The molecular formula is C10H9NO3S. The first kappa shape index (κ1) is 9.92. The van der Waals surface area contributed by atoms with E-state index in [0.29, 0.717) is 5.69 Å². The summed E-state index contributed by atoms with van der Waals surface area (Å²) in [5, 5.41) is 0. The summed E-state index contributed by atoms with van der Waals surface area (Å²) in [6.07, 6.45) is 1.59. The van der Waals surface area contributed by atoms with Crippen molar-refractivity contribution in [2.24, 2.45) is 0 Å². The summed E-state index contributed by atoms with van der Waals surface area (Å²) in [6, 6.07) is 1.81. The monoisotopic (exact) mass is 223 g/mol. The molecule has 0 N–H and O–H groups in total. The van der Waals surface area contributed by atoms with Gasteiger partial charge in [-0.25, -0.2) is 9.78 Å². The van der Waals surface area contributed by atoms with E-state index in [4.69, 9.17) is 4.42 Å². The minimum Gasteiger partial charge on any atom is -0.469 e. The molecular weight excluding hydrogens is 214 g/mol. The van der Waals surface area contributed by atoms with Gasteiger partial charge in [-0.1, -0.05) is 0 Å². The smallest absolute Gasteiger partial charge is 0.358 e. The number of nitrogens with zero attached hydrogens (tertiary/aromatic N) is 1. The summed E-state index contributed by atoms with van der Waals surface area (Å²) in [6.45, 7) is 1.84. The van der Waals surface area contributed by atoms with E-state index in [2.05, 4.69) is 9.72 Å². The van der Waals surface area contributed by atoms with Crippen molar-refractivity contribution in [2.75, 3.05) is 7.11 Å². The van der Waals surface area contributed by atoms with Gasteiger partial charge in [0, 0.05) is 5.56 Å². The van der Waals surface area contributed by atoms with Crippen LogP contribution in [0.2, 0.25) is 0 Å². The molecule has 0 atom stereocenters. The SMILES string of the molecule is COC(=O)c1ncsc1-c1ccoc1C. The quantitative estimate of drug-likeness (QED) is 0.734. The minimum atomic E-state index is -0.424. The molecule has 2 aromatic rings. The Morgan fingerprint density at radius 3 is 3.00 bits per heavy atom. The zero-order valence-corrected chi connectivity index (χ0v) is 9.13. The standard InChI is InChI=1S/C10H9NO3S/c1-6-7(3-4-14-6)9-8(10(12)13-2)11-5-15-9/h3-5H,1-2H3. The second-order valence-corrected chi connectivity index (χ2v) is 3.77. The zero-order chi connectivity index (χ0) is 10.8. The van der Waals surface area contributed by atoms with Crippen molar-refractivity contribution < 1.29 is 13.9 Å². The molecule has 0 bridgehead atoms. The van der Waals surface area contributed by atoms with Gasteiger partial charge in [0.2, 0.25) is 0 Å². The lowest BCUT2D eigenvalue weighted by Crippen LogP contribution is -2.02. The lowest BCUT2D eigenvalue weighted by Gasteiger charge is -1.98. The molecule has 0 saturated heterocycles. The number of ether oxygens (including phenoxy) is 1. The van der Waals surface area contributed by atoms with E-state index >= 15 is 0 Å². The van der Waals surface area contributed by atoms with Crippen LogP contribution >= 0.6 is 11.3 Å². The highest BCUT2D eigenvalue weighted by molar-refractivity contribution is 7.13. The summed E-state index contributed by atoms with van der Waals surface area (Å²) in [5.41, 5.74) is 2.85. The third-order valence-corrected chi connectivity index (χ3v) is 2.91. The molecule has 4 nitrogen and oxygen atoms in total. The predicted octanol–water partition coefficient (Wildman–Crippen LogP) is 2.50. The Kier molecular flexibility index (Phi) is 2.55. The van der Waals surface area contributed by atoms with Crippen LogP contribution < -0.4 is 0 Å². The Bertz CT molecular complexity index is 486. The molecule has 5 heteroatoms. The lowest BCUT2D eigenvalue weighted by molar-refractivity contribution is 0.0596. The molecule has 0 aliphatic rings. The Labute approximate surface area is 90.5 Å². The number of carbonyl (C=O) groups excluding carboxylic acids is 1. The molecule has 0 aliphatic carbocycles. The van der Waals surface area contributed by atoms with E-state index in [1.807, 2.05) is 13.0 Å². The number of methoxy groups -OCH3 is 1. The van der Waals surface area contributed by atoms with Crippen molar-refractivity contribution >= 4 is 17.3 Å². The second kappa shape index (κ2) is 3.86. The van der Waals surface area contributed by atoms with Crippen LogP contribution in [-0.4, -0.2) is 18.1 Å². The molecule has 2 heterocycles. The first-order valence-electron chi connectivity index (χ1n) is 4.30. The second-order valence-electron chi connectivity index (χ2n) is 2.91. The van der Waals surface area contributed by atoms with E-state index in [-0.39, 0.29) is 0 Å². The van der Waals surface area contributed by atoms with Crippen LogP contribution in [-0.2, 0) is 4.74 Å². The fourth-order valence-corrected chi connectivity index (χ4v) is 2.15. The zero-order valence-electron chi connectivity index (χ0n) is 8.31. The van der Waals surface area contributed by atoms with Crippen LogP contribution in [0.5, 0.6) is 0 Å². The molecule has 15 heavy (non-hydrogen) atoms. The fourth-order valence-electron chi connectivity index (χ4n) is 1.30. The van der Waals surface area contributed by atoms with Gasteiger partial charge in [0.15, 0.2) is 5.69 Å². The van der Waals surface area contributed by atoms with Gasteiger partial charge in [0.25, 0.3) is 0 Å². The highest BCUT2D eigenvalue weighted by Gasteiger charge is 2.18. The fraction of sp³-hybridized carbons (Fsp3) is 0.200. The first-order chi connectivity index (χ1) is 7.24. The summed E-state index contributed by atoms with van der Waals surface area (Å²) in [5.74, 6) is 0.344. The number of furan rings is 1. The Morgan fingerprint density at radius 2 is 2.40 bits per heavy atom. The number of hydrogen-bond acceptors (Lipinski definition) is 5. The van der Waals surface area contributed by atoms with Crippen LogP contribution in [0.4, 0.5) is 0 Å². The van der Waals surface area contributed by atoms with Crippen LogP contribution in [0.15, 0.2) is 22.3 Å². The van der Waals surface area contributed by atoms with E-state index in [9.17, 15) is 4.79 Å². The molecule has 0 unspecified atom stereocenters. The van der Waals surface area contributed by atoms with Crippen molar-refractivity contribution in [3.63, 3.8) is 0 Å². The maximum Gasteiger partial charge on any atom is 0.358 e. The third kappa shape index (κ3) is 1.66. The van der Waals surface area contributed by atoms with Crippen molar-refractivity contribution in [3.8, 4) is 10.4 Å². The minimum absolute atomic E-state index is 0.340. The van der Waals surface area contributed by atoms with E-state index in [1.54, 1.807) is 11.8 Å². The molecule has 78 valence electrons.